The number of aryl methyl sites for hydroxylation is 1. The largest absolute Gasteiger partial charge is 0.501 e. The van der Waals surface area contributed by atoms with Crippen molar-refractivity contribution in [3.63, 3.8) is 0 Å². The Labute approximate surface area is 236 Å². The number of piperazine rings is 1. The number of methoxy groups -OCH3 is 1. The first kappa shape index (κ1) is 30.0. The predicted octanol–water partition coefficient (Wildman–Crippen LogP) is 5.47. The van der Waals surface area contributed by atoms with Gasteiger partial charge in [-0.15, -0.1) is 0 Å². The maximum Gasteiger partial charge on any atom is 0.416 e. The monoisotopic (exact) mass is 560 g/mol. The molecule has 2 saturated heterocycles. The highest BCUT2D eigenvalue weighted by Gasteiger charge is 2.34. The van der Waals surface area contributed by atoms with Crippen molar-refractivity contribution in [2.75, 3.05) is 70.9 Å². The molecule has 0 spiro atoms. The lowest BCUT2D eigenvalue weighted by Crippen LogP contribution is -2.46. The molecule has 3 aliphatic rings. The molecule has 220 valence electrons. The highest BCUT2D eigenvalue weighted by Crippen LogP contribution is 2.35. The molecular weight excluding hydrogens is 517 g/mol. The van der Waals surface area contributed by atoms with E-state index in [-0.39, 0.29) is 5.91 Å². The van der Waals surface area contributed by atoms with E-state index in [1.807, 2.05) is 22.8 Å². The second kappa shape index (κ2) is 14.1. The molecule has 4 rings (SSSR count). The Morgan fingerprint density at radius 2 is 1.75 bits per heavy atom. The van der Waals surface area contributed by atoms with Gasteiger partial charge in [0.15, 0.2) is 0 Å². The Bertz CT molecular complexity index is 1090. The van der Waals surface area contributed by atoms with Gasteiger partial charge in [-0.1, -0.05) is 25.5 Å². The van der Waals surface area contributed by atoms with Crippen LogP contribution in [-0.4, -0.2) is 86.6 Å². The third-order valence-electron chi connectivity index (χ3n) is 8.04. The molecule has 0 N–H and O–H groups in total. The van der Waals surface area contributed by atoms with E-state index < -0.39 is 11.7 Å². The zero-order valence-corrected chi connectivity index (χ0v) is 23.9. The Hall–Kier alpha value is -2.94. The van der Waals surface area contributed by atoms with Gasteiger partial charge in [-0.05, 0) is 61.7 Å². The lowest BCUT2D eigenvalue weighted by Gasteiger charge is -2.36. The number of hydrogen-bond acceptors (Lipinski definition) is 5. The molecule has 2 fully saturated rings. The molecule has 1 aromatic rings. The normalized spacial score (nSPS) is 19.2. The van der Waals surface area contributed by atoms with E-state index in [9.17, 15) is 18.0 Å². The van der Waals surface area contributed by atoms with Crippen molar-refractivity contribution in [3.8, 4) is 0 Å². The minimum absolute atomic E-state index is 0.143. The van der Waals surface area contributed by atoms with Crippen molar-refractivity contribution in [1.29, 1.82) is 0 Å². The molecular formula is C31H43F3N4O2. The predicted molar refractivity (Wildman–Crippen MR) is 153 cm³/mol. The summed E-state index contributed by atoms with van der Waals surface area (Å²) in [6, 6.07) is 4.71. The average molecular weight is 561 g/mol. The number of rotatable bonds is 9. The summed E-state index contributed by atoms with van der Waals surface area (Å²) in [6.07, 6.45) is 8.05. The van der Waals surface area contributed by atoms with Gasteiger partial charge >= 0.3 is 6.18 Å². The van der Waals surface area contributed by atoms with Crippen LogP contribution in [0.15, 0.2) is 54.0 Å². The topological polar surface area (TPSA) is 39.3 Å². The summed E-state index contributed by atoms with van der Waals surface area (Å²) in [7, 11) is 1.70. The fourth-order valence-corrected chi connectivity index (χ4v) is 5.74. The summed E-state index contributed by atoms with van der Waals surface area (Å²) in [5.74, 6) is 1.10. The molecule has 6 nitrogen and oxygen atoms in total. The number of allylic oxidation sites excluding steroid dienone is 4. The molecule has 9 heteroatoms. The first-order valence-electron chi connectivity index (χ1n) is 14.6. The third kappa shape index (κ3) is 8.05. The second-order valence-corrected chi connectivity index (χ2v) is 10.8. The number of hydrogen-bond donors (Lipinski definition) is 0. The molecule has 0 saturated carbocycles. The summed E-state index contributed by atoms with van der Waals surface area (Å²) in [5, 5.41) is 0. The zero-order chi connectivity index (χ0) is 28.5. The Balaban J connectivity index is 1.21. The van der Waals surface area contributed by atoms with Crippen LogP contribution in [0.3, 0.4) is 0 Å². The second-order valence-electron chi connectivity index (χ2n) is 10.8. The van der Waals surface area contributed by atoms with Gasteiger partial charge in [-0.25, -0.2) is 0 Å². The van der Waals surface area contributed by atoms with Gasteiger partial charge in [-0.3, -0.25) is 9.69 Å². The Kier molecular flexibility index (Phi) is 10.6. The minimum atomic E-state index is -4.37. The number of nitrogens with zero attached hydrogens (tertiary/aromatic N) is 4. The van der Waals surface area contributed by atoms with Gasteiger partial charge < -0.3 is 19.4 Å². The molecule has 2 aliphatic heterocycles. The van der Waals surface area contributed by atoms with E-state index in [1.54, 1.807) is 19.2 Å². The van der Waals surface area contributed by atoms with Gasteiger partial charge in [0.1, 0.15) is 0 Å². The van der Waals surface area contributed by atoms with E-state index in [0.29, 0.717) is 56.7 Å². The number of halogens is 3. The van der Waals surface area contributed by atoms with Crippen molar-refractivity contribution >= 4 is 11.6 Å². The molecule has 1 amide bonds. The third-order valence-corrected chi connectivity index (χ3v) is 8.04. The number of carbonyl (C=O) groups is 1. The number of ether oxygens (including phenoxy) is 1. The molecule has 0 atom stereocenters. The summed E-state index contributed by atoms with van der Waals surface area (Å²) >= 11 is 0. The fraction of sp³-hybridized carbons (Fsp3) is 0.581. The van der Waals surface area contributed by atoms with Crippen molar-refractivity contribution in [2.24, 2.45) is 0 Å². The average Bonchev–Trinajstić information content (AvgIpc) is 3.35. The standard InChI is InChI=1S/C31H43F3N4O2/c1-3-7-25-11-12-27(24-29(25)31(32,33)34)36-16-6-17-38(23-22-36)30(39)10-5-15-35-18-20-37(21-19-35)26-8-4-9-28(40-2)14-13-26/h4,8,11-14,24H,3,5-7,9-10,15-23H2,1-2H3. The lowest BCUT2D eigenvalue weighted by molar-refractivity contribution is -0.138. The minimum Gasteiger partial charge on any atom is -0.501 e. The van der Waals surface area contributed by atoms with Crippen LogP contribution in [-0.2, 0) is 22.1 Å². The summed E-state index contributed by atoms with van der Waals surface area (Å²) in [6.45, 7) is 9.01. The number of benzene rings is 1. The van der Waals surface area contributed by atoms with Crippen LogP contribution in [0.25, 0.3) is 0 Å². The molecule has 0 bridgehead atoms. The van der Waals surface area contributed by atoms with Crippen molar-refractivity contribution < 1.29 is 22.7 Å². The van der Waals surface area contributed by atoms with Crippen LogP contribution in [0.2, 0.25) is 0 Å². The smallest absolute Gasteiger partial charge is 0.416 e. The van der Waals surface area contributed by atoms with Gasteiger partial charge in [0.25, 0.3) is 0 Å². The van der Waals surface area contributed by atoms with E-state index in [1.165, 1.54) is 11.8 Å². The van der Waals surface area contributed by atoms with Crippen LogP contribution >= 0.6 is 0 Å². The highest BCUT2D eigenvalue weighted by molar-refractivity contribution is 5.76. The van der Waals surface area contributed by atoms with E-state index in [2.05, 4.69) is 28.0 Å². The zero-order valence-electron chi connectivity index (χ0n) is 23.9. The molecule has 0 unspecified atom stereocenters. The fourth-order valence-electron chi connectivity index (χ4n) is 5.74. The van der Waals surface area contributed by atoms with Crippen molar-refractivity contribution in [3.05, 3.63) is 65.1 Å². The maximum absolute atomic E-state index is 13.7. The highest BCUT2D eigenvalue weighted by atomic mass is 19.4. The number of alkyl halides is 3. The van der Waals surface area contributed by atoms with Gasteiger partial charge in [0.05, 0.1) is 18.4 Å². The van der Waals surface area contributed by atoms with Crippen LogP contribution in [0, 0.1) is 0 Å². The van der Waals surface area contributed by atoms with E-state index in [0.717, 1.165) is 57.7 Å². The van der Waals surface area contributed by atoms with E-state index in [4.69, 9.17) is 4.74 Å². The molecule has 1 aliphatic carbocycles. The Morgan fingerprint density at radius 3 is 2.48 bits per heavy atom. The van der Waals surface area contributed by atoms with Crippen LogP contribution < -0.4 is 4.90 Å². The number of anilines is 1. The SMILES string of the molecule is CCCc1ccc(N2CCCN(C(=O)CCCN3CCN(C4=CC=C(OC)CC=C4)CC3)CC2)cc1C(F)(F)F. The first-order valence-corrected chi connectivity index (χ1v) is 14.6. The lowest BCUT2D eigenvalue weighted by atomic mass is 10.0. The summed E-state index contributed by atoms with van der Waals surface area (Å²) in [5.41, 5.74) is 1.61. The van der Waals surface area contributed by atoms with Gasteiger partial charge in [0, 0.05) is 76.6 Å². The Morgan fingerprint density at radius 1 is 0.975 bits per heavy atom. The van der Waals surface area contributed by atoms with Crippen LogP contribution in [0.1, 0.15) is 50.2 Å². The molecule has 1 aromatic carbocycles. The quantitative estimate of drug-likeness (QED) is 0.401. The first-order chi connectivity index (χ1) is 19.3. The molecule has 2 heterocycles. The molecule has 0 radical (unpaired) electrons. The maximum atomic E-state index is 13.7. The van der Waals surface area contributed by atoms with Crippen molar-refractivity contribution in [1.82, 2.24) is 14.7 Å². The number of amides is 1. The summed E-state index contributed by atoms with van der Waals surface area (Å²) in [4.78, 5) is 21.7. The number of carbonyl (C=O) groups excluding carboxylic acids is 1. The molecule has 40 heavy (non-hydrogen) atoms. The van der Waals surface area contributed by atoms with Crippen LogP contribution in [0.4, 0.5) is 18.9 Å². The molecule has 0 aromatic heterocycles. The summed E-state index contributed by atoms with van der Waals surface area (Å²) < 4.78 is 46.4. The van der Waals surface area contributed by atoms with Crippen molar-refractivity contribution in [2.45, 2.75) is 51.6 Å². The van der Waals surface area contributed by atoms with E-state index >= 15 is 0 Å². The van der Waals surface area contributed by atoms with Gasteiger partial charge in [-0.2, -0.15) is 13.2 Å². The van der Waals surface area contributed by atoms with Crippen LogP contribution in [0.5, 0.6) is 0 Å². The van der Waals surface area contributed by atoms with Gasteiger partial charge in [0.2, 0.25) is 5.91 Å².